The van der Waals surface area contributed by atoms with Crippen LogP contribution in [0.1, 0.15) is 50.3 Å². The molecule has 3 aliphatic heterocycles. The summed E-state index contributed by atoms with van der Waals surface area (Å²) >= 11 is 0. The van der Waals surface area contributed by atoms with E-state index in [1.165, 1.54) is 11.1 Å². The molecule has 7 heteroatoms. The Labute approximate surface area is 196 Å². The number of carbonyl (C=O) groups excluding carboxylic acids is 1. The minimum atomic E-state index is -0.449. The van der Waals surface area contributed by atoms with E-state index in [1.54, 1.807) is 11.1 Å². The number of nitrogens with zero attached hydrogens (tertiary/aromatic N) is 4. The number of carbonyl (C=O) groups is 1. The van der Waals surface area contributed by atoms with Gasteiger partial charge in [0.1, 0.15) is 17.3 Å². The fourth-order valence-corrected chi connectivity index (χ4v) is 4.57. The fourth-order valence-electron chi connectivity index (χ4n) is 4.57. The Bertz CT molecular complexity index is 988. The molecule has 1 unspecified atom stereocenters. The predicted octanol–water partition coefficient (Wildman–Crippen LogP) is 3.56. The number of nitrogens with two attached hydrogens (primary N) is 1. The van der Waals surface area contributed by atoms with Crippen LogP contribution in [0.3, 0.4) is 0 Å². The normalized spacial score (nSPS) is 19.9. The highest BCUT2D eigenvalue weighted by atomic mass is 16.5. The van der Waals surface area contributed by atoms with E-state index < -0.39 is 5.91 Å². The number of fused-ring (bicyclic) bond motifs is 1. The Morgan fingerprint density at radius 3 is 2.82 bits per heavy atom. The smallest absolute Gasteiger partial charge is 0.265 e. The lowest BCUT2D eigenvalue weighted by atomic mass is 10.0. The number of primary amides is 1. The van der Waals surface area contributed by atoms with Crippen LogP contribution in [0.2, 0.25) is 0 Å². The third-order valence-corrected chi connectivity index (χ3v) is 6.70. The lowest BCUT2D eigenvalue weighted by Gasteiger charge is -2.40. The number of hydrogen-bond donors (Lipinski definition) is 1. The maximum atomic E-state index is 12.1. The zero-order chi connectivity index (χ0) is 23.4. The Balaban J connectivity index is 1.41. The highest BCUT2D eigenvalue weighted by molar-refractivity contribution is 5.94. The summed E-state index contributed by atoms with van der Waals surface area (Å²) in [5.74, 6) is 1.43. The third-order valence-electron chi connectivity index (χ3n) is 6.70. The van der Waals surface area contributed by atoms with Gasteiger partial charge in [-0.25, -0.2) is 4.99 Å². The largest absolute Gasteiger partial charge is 0.493 e. The molecule has 0 bridgehead atoms. The molecule has 2 N–H and O–H groups in total. The second-order valence-corrected chi connectivity index (χ2v) is 8.87. The maximum Gasteiger partial charge on any atom is 0.265 e. The summed E-state index contributed by atoms with van der Waals surface area (Å²) in [6.45, 7) is 12.8. The van der Waals surface area contributed by atoms with Crippen LogP contribution in [-0.4, -0.2) is 59.6 Å². The van der Waals surface area contributed by atoms with E-state index in [1.807, 2.05) is 12.3 Å². The van der Waals surface area contributed by atoms with Crippen molar-refractivity contribution in [3.05, 3.63) is 65.4 Å². The zero-order valence-electron chi connectivity index (χ0n) is 19.8. The number of hydrogen-bond acceptors (Lipinski definition) is 6. The van der Waals surface area contributed by atoms with Gasteiger partial charge in [-0.15, -0.1) is 0 Å². The molecule has 176 valence electrons. The van der Waals surface area contributed by atoms with E-state index in [0.29, 0.717) is 17.4 Å². The van der Waals surface area contributed by atoms with E-state index in [2.05, 4.69) is 53.4 Å². The minimum Gasteiger partial charge on any atom is -0.493 e. The van der Waals surface area contributed by atoms with Gasteiger partial charge in [0.2, 0.25) is 0 Å². The van der Waals surface area contributed by atoms with Crippen molar-refractivity contribution < 1.29 is 9.53 Å². The van der Waals surface area contributed by atoms with Gasteiger partial charge in [0.15, 0.2) is 0 Å². The van der Waals surface area contributed by atoms with Crippen molar-refractivity contribution in [3.8, 4) is 5.75 Å². The summed E-state index contributed by atoms with van der Waals surface area (Å²) in [5.41, 5.74) is 9.39. The van der Waals surface area contributed by atoms with Crippen LogP contribution in [0.5, 0.6) is 5.75 Å². The van der Waals surface area contributed by atoms with Gasteiger partial charge in [0.05, 0.1) is 24.7 Å². The van der Waals surface area contributed by atoms with Gasteiger partial charge in [-0.3, -0.25) is 9.69 Å². The standard InChI is InChI=1S/C26H35N5O2/c1-4-5-6-7-23(26(27)32)31-18-25(28-17-19(31)2)30-13-11-29(12-14-30)20(3)22-9-8-21-10-15-33-24(21)16-22/h7-9,16-18,20H,2,4-6,10-15H2,1,3H3,(H2,27,32)/b23-7-. The summed E-state index contributed by atoms with van der Waals surface area (Å²) in [7, 11) is 0. The Hall–Kier alpha value is -3.06. The van der Waals surface area contributed by atoms with Crippen molar-refractivity contribution in [1.82, 2.24) is 14.7 Å². The highest BCUT2D eigenvalue weighted by Crippen LogP contribution is 2.31. The van der Waals surface area contributed by atoms with E-state index in [0.717, 1.165) is 70.0 Å². The van der Waals surface area contributed by atoms with E-state index in [4.69, 9.17) is 10.5 Å². The molecule has 0 spiro atoms. The van der Waals surface area contributed by atoms with Gasteiger partial charge in [-0.1, -0.05) is 38.1 Å². The second-order valence-electron chi connectivity index (χ2n) is 8.87. The minimum absolute atomic E-state index is 0.324. The molecular weight excluding hydrogens is 414 g/mol. The van der Waals surface area contributed by atoms with Crippen LogP contribution >= 0.6 is 0 Å². The summed E-state index contributed by atoms with van der Waals surface area (Å²) in [5, 5.41) is 0. The Morgan fingerprint density at radius 2 is 2.09 bits per heavy atom. The molecule has 1 aromatic rings. The van der Waals surface area contributed by atoms with Crippen LogP contribution in [0.4, 0.5) is 0 Å². The van der Waals surface area contributed by atoms with Crippen LogP contribution in [0, 0.1) is 0 Å². The van der Waals surface area contributed by atoms with Crippen LogP contribution in [-0.2, 0) is 11.2 Å². The van der Waals surface area contributed by atoms with Crippen molar-refractivity contribution in [1.29, 1.82) is 0 Å². The van der Waals surface area contributed by atoms with E-state index in [-0.39, 0.29) is 0 Å². The quantitative estimate of drug-likeness (QED) is 0.485. The van der Waals surface area contributed by atoms with Crippen molar-refractivity contribution in [2.24, 2.45) is 10.7 Å². The van der Waals surface area contributed by atoms with Crippen molar-refractivity contribution in [3.63, 3.8) is 0 Å². The molecule has 1 fully saturated rings. The van der Waals surface area contributed by atoms with Gasteiger partial charge in [0.25, 0.3) is 5.91 Å². The molecule has 1 amide bonds. The van der Waals surface area contributed by atoms with Gasteiger partial charge >= 0.3 is 0 Å². The molecular formula is C26H35N5O2. The van der Waals surface area contributed by atoms with E-state index >= 15 is 0 Å². The first-order valence-corrected chi connectivity index (χ1v) is 12.0. The third kappa shape index (κ3) is 5.14. The van der Waals surface area contributed by atoms with Gasteiger partial charge in [0, 0.05) is 38.6 Å². The average Bonchev–Trinajstić information content (AvgIpc) is 3.30. The van der Waals surface area contributed by atoms with Crippen molar-refractivity contribution in [2.45, 2.75) is 45.6 Å². The molecule has 3 aliphatic rings. The van der Waals surface area contributed by atoms with Gasteiger partial charge in [-0.2, -0.15) is 0 Å². The highest BCUT2D eigenvalue weighted by Gasteiger charge is 2.27. The summed E-state index contributed by atoms with van der Waals surface area (Å²) in [6, 6.07) is 6.97. The summed E-state index contributed by atoms with van der Waals surface area (Å²) < 4.78 is 5.76. The molecule has 33 heavy (non-hydrogen) atoms. The first kappa shape index (κ1) is 23.1. The van der Waals surface area contributed by atoms with Crippen LogP contribution in [0.15, 0.2) is 59.3 Å². The lowest BCUT2D eigenvalue weighted by molar-refractivity contribution is -0.115. The molecule has 1 atom stereocenters. The Morgan fingerprint density at radius 1 is 1.30 bits per heavy atom. The molecule has 4 rings (SSSR count). The molecule has 0 aliphatic carbocycles. The number of ether oxygens (including phenoxy) is 1. The number of allylic oxidation sites excluding steroid dienone is 2. The summed E-state index contributed by atoms with van der Waals surface area (Å²) in [6.07, 6.45) is 9.40. The van der Waals surface area contributed by atoms with Crippen LogP contribution < -0.4 is 10.5 Å². The molecule has 0 saturated carbocycles. The zero-order valence-corrected chi connectivity index (χ0v) is 19.8. The SMILES string of the molecule is C=C1C=NC(N2CCN(C(C)c3ccc4c(c3)OCC4)CC2)=CN1/C(=C\CCCC)C(N)=O. The average molecular weight is 450 g/mol. The maximum absolute atomic E-state index is 12.1. The number of rotatable bonds is 8. The second kappa shape index (κ2) is 10.3. The number of aliphatic imine (C=N–C) groups is 1. The number of piperazine rings is 1. The van der Waals surface area contributed by atoms with Gasteiger partial charge in [-0.05, 0) is 37.0 Å². The van der Waals surface area contributed by atoms with Gasteiger partial charge < -0.3 is 20.3 Å². The molecule has 3 heterocycles. The summed E-state index contributed by atoms with van der Waals surface area (Å²) in [4.78, 5) is 23.2. The first-order valence-electron chi connectivity index (χ1n) is 12.0. The lowest BCUT2D eigenvalue weighted by Crippen LogP contribution is -2.47. The first-order chi connectivity index (χ1) is 16.0. The molecule has 0 radical (unpaired) electrons. The van der Waals surface area contributed by atoms with Crippen molar-refractivity contribution in [2.75, 3.05) is 32.8 Å². The fraction of sp³-hybridized carbons (Fsp3) is 0.462. The monoisotopic (exact) mass is 449 g/mol. The molecule has 1 saturated heterocycles. The van der Waals surface area contributed by atoms with Crippen LogP contribution in [0.25, 0.3) is 0 Å². The number of benzene rings is 1. The van der Waals surface area contributed by atoms with E-state index in [9.17, 15) is 4.79 Å². The molecule has 0 aromatic heterocycles. The Kier molecular flexibility index (Phi) is 7.18. The van der Waals surface area contributed by atoms with Crippen molar-refractivity contribution >= 4 is 12.1 Å². The predicted molar refractivity (Wildman–Crippen MR) is 132 cm³/mol. The topological polar surface area (TPSA) is 74.4 Å². The number of unbranched alkanes of at least 4 members (excludes halogenated alkanes) is 2. The molecule has 1 aromatic carbocycles. The molecule has 7 nitrogen and oxygen atoms in total. The number of amides is 1.